The van der Waals surface area contributed by atoms with Crippen molar-refractivity contribution < 1.29 is 17.2 Å². The molecule has 6 nitrogen and oxygen atoms in total. The first-order chi connectivity index (χ1) is 13.0. The van der Waals surface area contributed by atoms with Crippen LogP contribution in [0.1, 0.15) is 11.3 Å². The van der Waals surface area contributed by atoms with E-state index in [0.717, 1.165) is 6.07 Å². The predicted octanol–water partition coefficient (Wildman–Crippen LogP) is 2.42. The summed E-state index contributed by atoms with van der Waals surface area (Å²) in [5.74, 6) is 2.53. The normalized spacial score (nSPS) is 11.3. The van der Waals surface area contributed by atoms with Gasteiger partial charge in [-0.15, -0.1) is 0 Å². The maximum Gasteiger partial charge on any atom is 0.242 e. The molecule has 0 bridgehead atoms. The Morgan fingerprint density at radius 3 is 2.63 bits per heavy atom. The Morgan fingerprint density at radius 1 is 1.11 bits per heavy atom. The molecule has 0 radical (unpaired) electrons. The number of halogens is 2. The van der Waals surface area contributed by atoms with Gasteiger partial charge in [0.2, 0.25) is 11.1 Å². The number of aromatic nitrogens is 2. The number of anilines is 2. The third-order valence-electron chi connectivity index (χ3n) is 3.30. The van der Waals surface area contributed by atoms with Gasteiger partial charge < -0.3 is 15.7 Å². The van der Waals surface area contributed by atoms with Gasteiger partial charge in [0.1, 0.15) is 23.0 Å². The van der Waals surface area contributed by atoms with Crippen LogP contribution in [0, 0.1) is 23.5 Å². The van der Waals surface area contributed by atoms with Gasteiger partial charge in [0.25, 0.3) is 0 Å². The molecule has 136 valence electrons. The van der Waals surface area contributed by atoms with E-state index in [1.165, 1.54) is 24.5 Å². The van der Waals surface area contributed by atoms with Crippen molar-refractivity contribution >= 4 is 22.6 Å². The van der Waals surface area contributed by atoms with Gasteiger partial charge in [-0.25, -0.2) is 18.0 Å². The molecule has 1 atom stereocenters. The topological polar surface area (TPSA) is 104 Å². The van der Waals surface area contributed by atoms with Crippen molar-refractivity contribution in [1.29, 1.82) is 0 Å². The van der Waals surface area contributed by atoms with Gasteiger partial charge in [-0.3, -0.25) is 4.98 Å². The highest BCUT2D eigenvalue weighted by atomic mass is 32.2. The second kappa shape index (κ2) is 7.80. The monoisotopic (exact) mass is 386 g/mol. The van der Waals surface area contributed by atoms with Crippen LogP contribution >= 0.6 is 0 Å². The minimum Gasteiger partial charge on any atom is -0.394 e. The number of benzene rings is 1. The van der Waals surface area contributed by atoms with Crippen molar-refractivity contribution in [2.75, 3.05) is 11.5 Å². The lowest BCUT2D eigenvalue weighted by atomic mass is 10.1. The fourth-order valence-electron chi connectivity index (χ4n) is 2.02. The van der Waals surface area contributed by atoms with E-state index in [4.69, 9.17) is 15.7 Å². The zero-order valence-corrected chi connectivity index (χ0v) is 14.5. The molecular formula is C18H12F2N4O2S. The largest absolute Gasteiger partial charge is 0.394 e. The molecule has 3 rings (SSSR count). The molecule has 4 N–H and O–H groups in total. The SMILES string of the molecule is Nc1cccc(C#Cc2c(F)cc(OS(=O)c3cccnc3)c(N)c2F)n1. The summed E-state index contributed by atoms with van der Waals surface area (Å²) in [5.41, 5.74) is 10.3. The van der Waals surface area contributed by atoms with Crippen LogP contribution in [-0.4, -0.2) is 14.2 Å². The Morgan fingerprint density at radius 2 is 1.93 bits per heavy atom. The van der Waals surface area contributed by atoms with Crippen LogP contribution in [0.25, 0.3) is 0 Å². The van der Waals surface area contributed by atoms with Crippen LogP contribution in [0.2, 0.25) is 0 Å². The second-order valence-electron chi connectivity index (χ2n) is 5.16. The average molecular weight is 386 g/mol. The van der Waals surface area contributed by atoms with Crippen LogP contribution in [0.15, 0.2) is 53.7 Å². The predicted molar refractivity (Wildman–Crippen MR) is 96.7 cm³/mol. The van der Waals surface area contributed by atoms with Gasteiger partial charge in [0, 0.05) is 18.5 Å². The Kier molecular flexibility index (Phi) is 5.28. The lowest BCUT2D eigenvalue weighted by molar-refractivity contribution is 0.536. The second-order valence-corrected chi connectivity index (χ2v) is 6.27. The minimum atomic E-state index is -2.04. The highest BCUT2D eigenvalue weighted by Gasteiger charge is 2.19. The van der Waals surface area contributed by atoms with E-state index in [1.54, 1.807) is 18.2 Å². The van der Waals surface area contributed by atoms with Crippen LogP contribution in [-0.2, 0) is 11.1 Å². The van der Waals surface area contributed by atoms with E-state index in [2.05, 4.69) is 21.8 Å². The van der Waals surface area contributed by atoms with Gasteiger partial charge in [-0.2, -0.15) is 0 Å². The Balaban J connectivity index is 1.92. The van der Waals surface area contributed by atoms with Gasteiger partial charge in [0.05, 0.1) is 10.5 Å². The van der Waals surface area contributed by atoms with Gasteiger partial charge in [-0.05, 0) is 30.2 Å². The number of nitrogens with two attached hydrogens (primary N) is 2. The molecule has 0 aliphatic rings. The van der Waals surface area contributed by atoms with E-state index >= 15 is 0 Å². The van der Waals surface area contributed by atoms with E-state index in [1.807, 2.05) is 0 Å². The number of rotatable bonds is 3. The number of hydrogen-bond acceptors (Lipinski definition) is 6. The van der Waals surface area contributed by atoms with Crippen molar-refractivity contribution in [3.63, 3.8) is 0 Å². The molecule has 0 fully saturated rings. The summed E-state index contributed by atoms with van der Waals surface area (Å²) in [7, 11) is 0. The first-order valence-corrected chi connectivity index (χ1v) is 8.55. The van der Waals surface area contributed by atoms with E-state index in [-0.39, 0.29) is 16.4 Å². The van der Waals surface area contributed by atoms with Crippen molar-refractivity contribution in [2.24, 2.45) is 0 Å². The molecule has 1 aromatic carbocycles. The maximum absolute atomic E-state index is 14.5. The third-order valence-corrected chi connectivity index (χ3v) is 4.25. The number of pyridine rings is 2. The fourth-order valence-corrected chi connectivity index (χ4v) is 2.75. The third kappa shape index (κ3) is 4.19. The summed E-state index contributed by atoms with van der Waals surface area (Å²) < 4.78 is 45.9. The van der Waals surface area contributed by atoms with Crippen LogP contribution in [0.3, 0.4) is 0 Å². The smallest absolute Gasteiger partial charge is 0.242 e. The first kappa shape index (κ1) is 18.3. The van der Waals surface area contributed by atoms with Crippen molar-refractivity contribution in [2.45, 2.75) is 4.90 Å². The zero-order valence-electron chi connectivity index (χ0n) is 13.6. The molecule has 3 aromatic rings. The number of hydrogen-bond donors (Lipinski definition) is 2. The molecule has 1 unspecified atom stereocenters. The van der Waals surface area contributed by atoms with Gasteiger partial charge >= 0.3 is 0 Å². The number of nitrogen functional groups attached to an aromatic ring is 2. The Labute approximate surface area is 155 Å². The molecule has 27 heavy (non-hydrogen) atoms. The van der Waals surface area contributed by atoms with Gasteiger partial charge in [-0.1, -0.05) is 12.0 Å². The summed E-state index contributed by atoms with van der Waals surface area (Å²) in [6.07, 6.45) is 2.79. The molecule has 0 saturated carbocycles. The lowest BCUT2D eigenvalue weighted by Crippen LogP contribution is -2.07. The first-order valence-electron chi connectivity index (χ1n) is 7.48. The highest BCUT2D eigenvalue weighted by Crippen LogP contribution is 2.30. The summed E-state index contributed by atoms with van der Waals surface area (Å²) >= 11 is -2.04. The molecule has 0 spiro atoms. The number of nitrogens with zero attached hydrogens (tertiary/aromatic N) is 2. The van der Waals surface area contributed by atoms with E-state index in [9.17, 15) is 13.0 Å². The molecule has 0 aliphatic carbocycles. The quantitative estimate of drug-likeness (QED) is 0.529. The van der Waals surface area contributed by atoms with E-state index in [0.29, 0.717) is 0 Å². The molecule has 0 amide bonds. The molecule has 0 aliphatic heterocycles. The van der Waals surface area contributed by atoms with Crippen LogP contribution in [0.4, 0.5) is 20.3 Å². The molecule has 9 heteroatoms. The zero-order chi connectivity index (χ0) is 19.4. The molecular weight excluding hydrogens is 374 g/mol. The van der Waals surface area contributed by atoms with E-state index < -0.39 is 39.7 Å². The minimum absolute atomic E-state index is 0.217. The average Bonchev–Trinajstić information content (AvgIpc) is 2.66. The standard InChI is InChI=1S/C18H12F2N4O2S/c19-14-9-15(26-27(25)12-4-2-8-23-10-12)18(22)17(20)13(14)7-6-11-3-1-5-16(21)24-11/h1-5,8-10H,22H2,(H2,21,24). The fraction of sp³-hybridized carbons (Fsp3) is 0. The van der Waals surface area contributed by atoms with Crippen LogP contribution in [0.5, 0.6) is 5.75 Å². The van der Waals surface area contributed by atoms with Crippen molar-refractivity contribution in [3.05, 3.63) is 71.7 Å². The summed E-state index contributed by atoms with van der Waals surface area (Å²) in [5, 5.41) is 0. The molecule has 2 aromatic heterocycles. The van der Waals surface area contributed by atoms with Crippen molar-refractivity contribution in [3.8, 4) is 17.6 Å². The summed E-state index contributed by atoms with van der Waals surface area (Å²) in [6.45, 7) is 0. The molecule has 0 saturated heterocycles. The van der Waals surface area contributed by atoms with Crippen LogP contribution < -0.4 is 15.7 Å². The summed E-state index contributed by atoms with van der Waals surface area (Å²) in [6, 6.07) is 8.56. The highest BCUT2D eigenvalue weighted by molar-refractivity contribution is 7.80. The molecule has 2 heterocycles. The Hall–Kier alpha value is -3.51. The summed E-state index contributed by atoms with van der Waals surface area (Å²) in [4.78, 5) is 7.93. The lowest BCUT2D eigenvalue weighted by Gasteiger charge is -2.10. The maximum atomic E-state index is 14.5. The Bertz CT molecular complexity index is 1080. The van der Waals surface area contributed by atoms with Crippen molar-refractivity contribution in [1.82, 2.24) is 9.97 Å². The van der Waals surface area contributed by atoms with Gasteiger partial charge in [0.15, 0.2) is 11.6 Å².